The van der Waals surface area contributed by atoms with E-state index in [2.05, 4.69) is 0 Å². The minimum absolute atomic E-state index is 0.129. The molecule has 0 unspecified atom stereocenters. The molecule has 2 atom stereocenters. The number of likely N-dealkylation sites (tertiary alicyclic amines) is 1. The predicted octanol–water partition coefficient (Wildman–Crippen LogP) is 2.40. The highest BCUT2D eigenvalue weighted by atomic mass is 16.6. The van der Waals surface area contributed by atoms with Crippen LogP contribution in [0.4, 0.5) is 4.79 Å². The Morgan fingerprint density at radius 2 is 1.74 bits per heavy atom. The van der Waals surface area contributed by atoms with Crippen LogP contribution in [0.25, 0.3) is 0 Å². The van der Waals surface area contributed by atoms with Crippen molar-refractivity contribution in [2.75, 3.05) is 20.8 Å². The van der Waals surface area contributed by atoms with Crippen LogP contribution in [-0.2, 0) is 19.0 Å². The van der Waals surface area contributed by atoms with Crippen LogP contribution in [0.2, 0.25) is 0 Å². The van der Waals surface area contributed by atoms with E-state index in [-0.39, 0.29) is 18.5 Å². The number of carbonyl (C=O) groups is 3. The molecule has 148 valence electrons. The molecule has 0 radical (unpaired) electrons. The van der Waals surface area contributed by atoms with E-state index in [1.165, 1.54) is 19.1 Å². The summed E-state index contributed by atoms with van der Waals surface area (Å²) in [6.07, 6.45) is -0.904. The normalized spacial score (nSPS) is 19.4. The summed E-state index contributed by atoms with van der Waals surface area (Å²) in [5.74, 6) is -0.755. The van der Waals surface area contributed by atoms with E-state index in [1.807, 2.05) is 0 Å². The van der Waals surface area contributed by atoms with Gasteiger partial charge in [0.2, 0.25) is 0 Å². The van der Waals surface area contributed by atoms with Gasteiger partial charge in [-0.2, -0.15) is 0 Å². The molecule has 1 saturated heterocycles. The van der Waals surface area contributed by atoms with E-state index >= 15 is 0 Å². The van der Waals surface area contributed by atoms with Gasteiger partial charge in [-0.25, -0.2) is 14.4 Å². The van der Waals surface area contributed by atoms with Gasteiger partial charge in [0.15, 0.2) is 0 Å². The average Bonchev–Trinajstić information content (AvgIpc) is 3.03. The summed E-state index contributed by atoms with van der Waals surface area (Å²) in [6, 6.07) is 5.81. The Morgan fingerprint density at radius 1 is 1.07 bits per heavy atom. The van der Waals surface area contributed by atoms with Gasteiger partial charge in [-0.15, -0.1) is 0 Å². The molecule has 0 aliphatic carbocycles. The molecule has 1 aromatic rings. The number of benzene rings is 1. The first kappa shape index (κ1) is 20.5. The minimum atomic E-state index is -0.819. The standard InChI is InChI=1S/C19H25NO7/c1-19(2,3)27-18(23)20-11-12(10-14(20)17(22)25-5)26-15-9-7-6-8-13(15)16(21)24-4/h6-9,12,14H,10-11H2,1-5H3/t12-,14-/m0/s1. The van der Waals surface area contributed by atoms with Crippen LogP contribution < -0.4 is 4.74 Å². The second-order valence-electron chi connectivity index (χ2n) is 7.13. The van der Waals surface area contributed by atoms with E-state index in [4.69, 9.17) is 18.9 Å². The molecule has 0 bridgehead atoms. The lowest BCUT2D eigenvalue weighted by atomic mass is 10.1. The Labute approximate surface area is 158 Å². The van der Waals surface area contributed by atoms with Crippen molar-refractivity contribution in [1.29, 1.82) is 0 Å². The number of hydrogen-bond acceptors (Lipinski definition) is 7. The van der Waals surface area contributed by atoms with Crippen molar-refractivity contribution in [1.82, 2.24) is 4.90 Å². The zero-order valence-electron chi connectivity index (χ0n) is 16.2. The second kappa shape index (κ2) is 8.28. The maximum atomic E-state index is 12.5. The van der Waals surface area contributed by atoms with Crippen molar-refractivity contribution in [2.24, 2.45) is 0 Å². The van der Waals surface area contributed by atoms with E-state index in [0.29, 0.717) is 5.75 Å². The van der Waals surface area contributed by atoms with Gasteiger partial charge in [0.1, 0.15) is 29.1 Å². The number of methoxy groups -OCH3 is 2. The van der Waals surface area contributed by atoms with Crippen molar-refractivity contribution >= 4 is 18.0 Å². The Morgan fingerprint density at radius 3 is 2.33 bits per heavy atom. The molecule has 0 aromatic heterocycles. The van der Waals surface area contributed by atoms with E-state index in [0.717, 1.165) is 0 Å². The van der Waals surface area contributed by atoms with Crippen LogP contribution in [-0.4, -0.2) is 61.4 Å². The SMILES string of the molecule is COC(=O)c1ccccc1O[C@H]1C[C@@H](C(=O)OC)N(C(=O)OC(C)(C)C)C1. The maximum absolute atomic E-state index is 12.5. The quantitative estimate of drug-likeness (QED) is 0.586. The van der Waals surface area contributed by atoms with Gasteiger partial charge >= 0.3 is 18.0 Å². The highest BCUT2D eigenvalue weighted by molar-refractivity contribution is 5.92. The molecule has 0 saturated carbocycles. The molecular weight excluding hydrogens is 354 g/mol. The first-order valence-electron chi connectivity index (χ1n) is 8.57. The summed E-state index contributed by atoms with van der Waals surface area (Å²) in [4.78, 5) is 37.8. The van der Waals surface area contributed by atoms with Gasteiger partial charge in [0, 0.05) is 6.42 Å². The summed E-state index contributed by atoms with van der Waals surface area (Å²) in [7, 11) is 2.54. The third-order valence-corrected chi connectivity index (χ3v) is 3.95. The third-order valence-electron chi connectivity index (χ3n) is 3.95. The third kappa shape index (κ3) is 5.12. The smallest absolute Gasteiger partial charge is 0.411 e. The van der Waals surface area contributed by atoms with E-state index in [1.54, 1.807) is 45.0 Å². The molecule has 0 N–H and O–H groups in total. The number of esters is 2. The van der Waals surface area contributed by atoms with Crippen molar-refractivity contribution in [3.05, 3.63) is 29.8 Å². The van der Waals surface area contributed by atoms with Crippen LogP contribution in [0, 0.1) is 0 Å². The lowest BCUT2D eigenvalue weighted by Gasteiger charge is -2.27. The number of amides is 1. The Bertz CT molecular complexity index is 710. The highest BCUT2D eigenvalue weighted by Crippen LogP contribution is 2.28. The molecule has 1 aliphatic rings. The molecule has 8 nitrogen and oxygen atoms in total. The lowest BCUT2D eigenvalue weighted by Crippen LogP contribution is -2.44. The van der Waals surface area contributed by atoms with Crippen LogP contribution in [0.1, 0.15) is 37.6 Å². The molecule has 27 heavy (non-hydrogen) atoms. The van der Waals surface area contributed by atoms with Gasteiger partial charge in [-0.3, -0.25) is 4.90 Å². The molecule has 1 aromatic carbocycles. The van der Waals surface area contributed by atoms with Crippen molar-refractivity contribution in [2.45, 2.75) is 44.9 Å². The Kier molecular flexibility index (Phi) is 6.30. The largest absolute Gasteiger partial charge is 0.488 e. The van der Waals surface area contributed by atoms with Crippen molar-refractivity contribution in [3.8, 4) is 5.75 Å². The number of hydrogen-bond donors (Lipinski definition) is 0. The molecule has 1 aliphatic heterocycles. The van der Waals surface area contributed by atoms with E-state index in [9.17, 15) is 14.4 Å². The first-order valence-corrected chi connectivity index (χ1v) is 8.57. The van der Waals surface area contributed by atoms with Crippen LogP contribution >= 0.6 is 0 Å². The number of ether oxygens (including phenoxy) is 4. The molecular formula is C19H25NO7. The molecule has 8 heteroatoms. The fourth-order valence-corrected chi connectivity index (χ4v) is 2.79. The van der Waals surface area contributed by atoms with Crippen molar-refractivity contribution < 1.29 is 33.3 Å². The number of nitrogens with zero attached hydrogens (tertiary/aromatic N) is 1. The van der Waals surface area contributed by atoms with E-state index < -0.39 is 35.8 Å². The minimum Gasteiger partial charge on any atom is -0.488 e. The fraction of sp³-hybridized carbons (Fsp3) is 0.526. The zero-order valence-corrected chi connectivity index (χ0v) is 16.2. The topological polar surface area (TPSA) is 91.4 Å². The predicted molar refractivity (Wildman–Crippen MR) is 95.6 cm³/mol. The summed E-state index contributed by atoms with van der Waals surface area (Å²) in [5, 5.41) is 0. The number of rotatable bonds is 4. The average molecular weight is 379 g/mol. The molecule has 1 fully saturated rings. The highest BCUT2D eigenvalue weighted by Gasteiger charge is 2.43. The van der Waals surface area contributed by atoms with Gasteiger partial charge in [-0.1, -0.05) is 12.1 Å². The summed E-state index contributed by atoms with van der Waals surface area (Å²) in [6.45, 7) is 5.36. The van der Waals surface area contributed by atoms with Crippen LogP contribution in [0.15, 0.2) is 24.3 Å². The zero-order chi connectivity index (χ0) is 20.2. The molecule has 1 heterocycles. The van der Waals surface area contributed by atoms with Crippen LogP contribution in [0.5, 0.6) is 5.75 Å². The van der Waals surface area contributed by atoms with Gasteiger partial charge < -0.3 is 18.9 Å². The number of para-hydroxylation sites is 1. The second-order valence-corrected chi connectivity index (χ2v) is 7.13. The fourth-order valence-electron chi connectivity index (χ4n) is 2.79. The van der Waals surface area contributed by atoms with Gasteiger partial charge in [0.25, 0.3) is 0 Å². The number of carbonyl (C=O) groups excluding carboxylic acids is 3. The summed E-state index contributed by atoms with van der Waals surface area (Å²) < 4.78 is 20.8. The molecule has 1 amide bonds. The Hall–Kier alpha value is -2.77. The summed E-state index contributed by atoms with van der Waals surface area (Å²) in [5.41, 5.74) is -0.431. The van der Waals surface area contributed by atoms with Crippen LogP contribution in [0.3, 0.4) is 0 Å². The van der Waals surface area contributed by atoms with Gasteiger partial charge in [-0.05, 0) is 32.9 Å². The maximum Gasteiger partial charge on any atom is 0.411 e. The molecule has 2 rings (SSSR count). The Balaban J connectivity index is 2.19. The lowest BCUT2D eigenvalue weighted by molar-refractivity contribution is -0.145. The van der Waals surface area contributed by atoms with Gasteiger partial charge in [0.05, 0.1) is 20.8 Å². The summed E-state index contributed by atoms with van der Waals surface area (Å²) >= 11 is 0. The van der Waals surface area contributed by atoms with Crippen molar-refractivity contribution in [3.63, 3.8) is 0 Å². The molecule has 0 spiro atoms. The first-order chi connectivity index (χ1) is 12.7. The monoisotopic (exact) mass is 379 g/mol.